The Bertz CT molecular complexity index is 554. The lowest BCUT2D eigenvalue weighted by Crippen LogP contribution is -2.86. The number of carbonyl (C=O) groups is 1. The van der Waals surface area contributed by atoms with Gasteiger partial charge in [-0.15, -0.1) is 0 Å². The molecule has 0 heterocycles. The van der Waals surface area contributed by atoms with Gasteiger partial charge in [0.15, 0.2) is 6.54 Å². The van der Waals surface area contributed by atoms with Gasteiger partial charge in [0.1, 0.15) is 6.04 Å². The third-order valence-electron chi connectivity index (χ3n) is 3.11. The van der Waals surface area contributed by atoms with E-state index in [1.54, 1.807) is 24.3 Å². The summed E-state index contributed by atoms with van der Waals surface area (Å²) in [5.41, 5.74) is 1.98. The van der Waals surface area contributed by atoms with E-state index in [-0.39, 0.29) is 11.9 Å². The molecule has 3 nitrogen and oxygen atoms in total. The van der Waals surface area contributed by atoms with Crippen LogP contribution in [-0.4, -0.2) is 12.5 Å². The fourth-order valence-corrected chi connectivity index (χ4v) is 2.05. The van der Waals surface area contributed by atoms with Crippen LogP contribution in [0.1, 0.15) is 18.5 Å². The van der Waals surface area contributed by atoms with Crippen LogP contribution < -0.4 is 10.6 Å². The molecule has 0 saturated heterocycles. The van der Waals surface area contributed by atoms with Crippen LogP contribution in [0.15, 0.2) is 54.6 Å². The van der Waals surface area contributed by atoms with Gasteiger partial charge in [-0.25, -0.2) is 0 Å². The first-order chi connectivity index (χ1) is 9.65. The number of nitrogens with one attached hydrogen (secondary N) is 1. The first-order valence-electron chi connectivity index (χ1n) is 6.59. The van der Waals surface area contributed by atoms with E-state index in [0.29, 0.717) is 11.6 Å². The lowest BCUT2D eigenvalue weighted by molar-refractivity contribution is -0.682. The minimum atomic E-state index is -0.0184. The summed E-state index contributed by atoms with van der Waals surface area (Å²) < 4.78 is 0. The van der Waals surface area contributed by atoms with Crippen molar-refractivity contribution in [2.75, 3.05) is 11.9 Å². The van der Waals surface area contributed by atoms with E-state index in [1.807, 2.05) is 23.5 Å². The first-order valence-corrected chi connectivity index (χ1v) is 6.96. The molecule has 0 saturated carbocycles. The number of hydrogen-bond donors (Lipinski definition) is 2. The van der Waals surface area contributed by atoms with Crippen molar-refractivity contribution in [3.05, 3.63) is 65.2 Å². The smallest absolute Gasteiger partial charge is 0.279 e. The maximum atomic E-state index is 11.9. The predicted molar refractivity (Wildman–Crippen MR) is 81.7 cm³/mol. The van der Waals surface area contributed by atoms with Crippen LogP contribution in [0.2, 0.25) is 5.02 Å². The van der Waals surface area contributed by atoms with Gasteiger partial charge in [-0.3, -0.25) is 4.79 Å². The van der Waals surface area contributed by atoms with E-state index in [0.717, 1.165) is 5.69 Å². The van der Waals surface area contributed by atoms with Gasteiger partial charge in [0.2, 0.25) is 0 Å². The lowest BCUT2D eigenvalue weighted by atomic mass is 10.1. The minimum absolute atomic E-state index is 0.0184. The van der Waals surface area contributed by atoms with Crippen LogP contribution >= 0.6 is 11.6 Å². The molecule has 0 aromatic heterocycles. The molecule has 4 heteroatoms. The molecule has 2 rings (SSSR count). The number of amides is 1. The highest BCUT2D eigenvalue weighted by atomic mass is 35.5. The Morgan fingerprint density at radius 1 is 1.15 bits per heavy atom. The summed E-state index contributed by atoms with van der Waals surface area (Å²) >= 11 is 5.80. The Morgan fingerprint density at radius 2 is 1.80 bits per heavy atom. The SMILES string of the molecule is C[C@H]([NH2+]CC(=O)Nc1ccc(Cl)cc1)c1ccccc1. The highest BCUT2D eigenvalue weighted by molar-refractivity contribution is 6.30. The normalized spacial score (nSPS) is 11.9. The van der Waals surface area contributed by atoms with Crippen LogP contribution in [0.5, 0.6) is 0 Å². The average molecular weight is 290 g/mol. The van der Waals surface area contributed by atoms with Gasteiger partial charge in [0.05, 0.1) is 0 Å². The van der Waals surface area contributed by atoms with Gasteiger partial charge in [-0.1, -0.05) is 41.9 Å². The Balaban J connectivity index is 1.82. The number of benzene rings is 2. The topological polar surface area (TPSA) is 45.7 Å². The van der Waals surface area contributed by atoms with E-state index < -0.39 is 0 Å². The predicted octanol–water partition coefficient (Wildman–Crippen LogP) is 2.60. The Kier molecular flexibility index (Phi) is 5.16. The van der Waals surface area contributed by atoms with Crippen molar-refractivity contribution in [1.82, 2.24) is 0 Å². The number of quaternary nitrogens is 1. The van der Waals surface area contributed by atoms with Crippen molar-refractivity contribution < 1.29 is 10.1 Å². The highest BCUT2D eigenvalue weighted by Crippen LogP contribution is 2.13. The molecule has 2 aromatic carbocycles. The van der Waals surface area contributed by atoms with E-state index in [1.165, 1.54) is 5.56 Å². The number of nitrogens with two attached hydrogens (primary N) is 1. The maximum absolute atomic E-state index is 11.9. The second-order valence-electron chi connectivity index (χ2n) is 4.69. The third-order valence-corrected chi connectivity index (χ3v) is 3.36. The van der Waals surface area contributed by atoms with Crippen molar-refractivity contribution in [1.29, 1.82) is 0 Å². The Labute approximate surface area is 124 Å². The Morgan fingerprint density at radius 3 is 2.45 bits per heavy atom. The summed E-state index contributed by atoms with van der Waals surface area (Å²) in [6.45, 7) is 2.48. The van der Waals surface area contributed by atoms with Crippen molar-refractivity contribution in [3.8, 4) is 0 Å². The van der Waals surface area contributed by atoms with Crippen LogP contribution in [0, 0.1) is 0 Å². The molecular weight excluding hydrogens is 272 g/mol. The number of rotatable bonds is 5. The van der Waals surface area contributed by atoms with E-state index >= 15 is 0 Å². The second kappa shape index (κ2) is 7.08. The molecule has 2 aromatic rings. The Hall–Kier alpha value is -1.84. The molecule has 1 atom stereocenters. The fourth-order valence-electron chi connectivity index (χ4n) is 1.92. The summed E-state index contributed by atoms with van der Waals surface area (Å²) in [5.74, 6) is -0.0184. The van der Waals surface area contributed by atoms with Crippen molar-refractivity contribution >= 4 is 23.2 Å². The number of carbonyl (C=O) groups excluding carboxylic acids is 1. The summed E-state index contributed by atoms with van der Waals surface area (Å²) in [4.78, 5) is 11.9. The summed E-state index contributed by atoms with van der Waals surface area (Å²) in [5, 5.41) is 5.52. The summed E-state index contributed by atoms with van der Waals surface area (Å²) in [6, 6.07) is 17.5. The molecule has 0 fully saturated rings. The van der Waals surface area contributed by atoms with Crippen molar-refractivity contribution in [3.63, 3.8) is 0 Å². The molecule has 0 aliphatic heterocycles. The van der Waals surface area contributed by atoms with Crippen molar-refractivity contribution in [2.24, 2.45) is 0 Å². The molecule has 3 N–H and O–H groups in total. The minimum Gasteiger partial charge on any atom is -0.333 e. The quantitative estimate of drug-likeness (QED) is 0.873. The standard InChI is InChI=1S/C16H17ClN2O/c1-12(13-5-3-2-4-6-13)18-11-16(20)19-15-9-7-14(17)8-10-15/h2-10,12,18H,11H2,1H3,(H,19,20)/p+1/t12-/m0/s1. The maximum Gasteiger partial charge on any atom is 0.279 e. The highest BCUT2D eigenvalue weighted by Gasteiger charge is 2.11. The molecule has 20 heavy (non-hydrogen) atoms. The molecular formula is C16H18ClN2O+. The fraction of sp³-hybridized carbons (Fsp3) is 0.188. The number of anilines is 1. The van der Waals surface area contributed by atoms with E-state index in [4.69, 9.17) is 11.6 Å². The number of hydrogen-bond acceptors (Lipinski definition) is 1. The average Bonchev–Trinajstić information content (AvgIpc) is 2.48. The molecule has 0 bridgehead atoms. The molecule has 104 valence electrons. The van der Waals surface area contributed by atoms with Gasteiger partial charge in [-0.05, 0) is 31.2 Å². The zero-order chi connectivity index (χ0) is 14.4. The lowest BCUT2D eigenvalue weighted by Gasteiger charge is -2.11. The summed E-state index contributed by atoms with van der Waals surface area (Å²) in [6.07, 6.45) is 0. The van der Waals surface area contributed by atoms with Gasteiger partial charge in [0, 0.05) is 16.3 Å². The number of halogens is 1. The zero-order valence-electron chi connectivity index (χ0n) is 11.3. The largest absolute Gasteiger partial charge is 0.333 e. The van der Waals surface area contributed by atoms with E-state index in [9.17, 15) is 4.79 Å². The van der Waals surface area contributed by atoms with E-state index in [2.05, 4.69) is 24.4 Å². The van der Waals surface area contributed by atoms with Crippen LogP contribution in [-0.2, 0) is 4.79 Å². The van der Waals surface area contributed by atoms with Crippen LogP contribution in [0.25, 0.3) is 0 Å². The molecule has 0 spiro atoms. The first kappa shape index (κ1) is 14.6. The molecule has 0 radical (unpaired) electrons. The zero-order valence-corrected chi connectivity index (χ0v) is 12.1. The van der Waals surface area contributed by atoms with Gasteiger partial charge >= 0.3 is 0 Å². The molecule has 0 aliphatic rings. The van der Waals surface area contributed by atoms with Gasteiger partial charge < -0.3 is 10.6 Å². The van der Waals surface area contributed by atoms with Gasteiger partial charge in [-0.2, -0.15) is 0 Å². The molecule has 1 amide bonds. The third kappa shape index (κ3) is 4.37. The molecule has 0 aliphatic carbocycles. The second-order valence-corrected chi connectivity index (χ2v) is 5.13. The van der Waals surface area contributed by atoms with Crippen LogP contribution in [0.4, 0.5) is 5.69 Å². The van der Waals surface area contributed by atoms with Gasteiger partial charge in [0.25, 0.3) is 5.91 Å². The summed E-state index contributed by atoms with van der Waals surface area (Å²) in [7, 11) is 0. The van der Waals surface area contributed by atoms with Crippen molar-refractivity contribution in [2.45, 2.75) is 13.0 Å². The molecule has 0 unspecified atom stereocenters. The monoisotopic (exact) mass is 289 g/mol. The van der Waals surface area contributed by atoms with Crippen LogP contribution in [0.3, 0.4) is 0 Å².